The molecule has 0 spiro atoms. The number of sulfone groups is 1. The number of halogens is 1. The minimum absolute atomic E-state index is 0.0222. The van der Waals surface area contributed by atoms with Crippen LogP contribution in [0, 0.1) is 5.82 Å². The molecule has 7 heteroatoms. The van der Waals surface area contributed by atoms with Gasteiger partial charge in [-0.2, -0.15) is 0 Å². The molecule has 5 nitrogen and oxygen atoms in total. The number of rotatable bonds is 6. The largest absolute Gasteiger partial charge is 0.341 e. The van der Waals surface area contributed by atoms with E-state index in [1.807, 2.05) is 30.3 Å². The third kappa shape index (κ3) is 3.98. The van der Waals surface area contributed by atoms with Gasteiger partial charge in [-0.3, -0.25) is 0 Å². The molecule has 0 saturated carbocycles. The molecule has 0 amide bonds. The van der Waals surface area contributed by atoms with Gasteiger partial charge in [0.1, 0.15) is 21.2 Å². The highest BCUT2D eigenvalue weighted by Crippen LogP contribution is 2.17. The molecule has 1 atom stereocenters. The molecule has 0 aliphatic heterocycles. The molecule has 1 aromatic heterocycles. The van der Waals surface area contributed by atoms with Crippen LogP contribution in [-0.4, -0.2) is 30.4 Å². The van der Waals surface area contributed by atoms with E-state index in [2.05, 4.69) is 15.3 Å². The normalized spacial score (nSPS) is 13.2. The maximum Gasteiger partial charge on any atom is 0.151 e. The Labute approximate surface area is 139 Å². The first kappa shape index (κ1) is 16.6. The molecule has 0 fully saturated rings. The summed E-state index contributed by atoms with van der Waals surface area (Å²) in [4.78, 5) is 7.27. The molecule has 1 heterocycles. The van der Waals surface area contributed by atoms with Gasteiger partial charge in [-0.25, -0.2) is 17.8 Å². The quantitative estimate of drug-likeness (QED) is 0.719. The SMILES string of the molecule is CS(=O)(=O)C[C@H](NCc1nc2c(F)cccc2[nH]1)c1ccccc1. The molecule has 0 saturated heterocycles. The van der Waals surface area contributed by atoms with E-state index in [0.29, 0.717) is 17.9 Å². The van der Waals surface area contributed by atoms with Gasteiger partial charge in [0, 0.05) is 12.3 Å². The highest BCUT2D eigenvalue weighted by atomic mass is 32.2. The number of hydrogen-bond donors (Lipinski definition) is 2. The smallest absolute Gasteiger partial charge is 0.151 e. The molecular formula is C17H18FN3O2S. The van der Waals surface area contributed by atoms with Crippen molar-refractivity contribution in [1.82, 2.24) is 15.3 Å². The van der Waals surface area contributed by atoms with Crippen molar-refractivity contribution in [2.75, 3.05) is 12.0 Å². The third-order valence-corrected chi connectivity index (χ3v) is 4.64. The standard InChI is InChI=1S/C17H18FN3O2S/c1-24(22,23)11-15(12-6-3-2-4-7-12)19-10-16-20-14-9-5-8-13(18)17(14)21-16/h2-9,15,19H,10-11H2,1H3,(H,20,21)/t15-/m0/s1. The highest BCUT2D eigenvalue weighted by molar-refractivity contribution is 7.90. The lowest BCUT2D eigenvalue weighted by atomic mass is 10.1. The van der Waals surface area contributed by atoms with Gasteiger partial charge in [-0.15, -0.1) is 0 Å². The fourth-order valence-electron chi connectivity index (χ4n) is 2.61. The number of nitrogens with one attached hydrogen (secondary N) is 2. The Morgan fingerprint density at radius 1 is 1.17 bits per heavy atom. The van der Waals surface area contributed by atoms with E-state index in [9.17, 15) is 12.8 Å². The molecular weight excluding hydrogens is 329 g/mol. The number of aromatic amines is 1. The first-order valence-electron chi connectivity index (χ1n) is 7.51. The number of para-hydroxylation sites is 1. The van der Waals surface area contributed by atoms with E-state index in [-0.39, 0.29) is 23.1 Å². The van der Waals surface area contributed by atoms with E-state index in [1.54, 1.807) is 12.1 Å². The van der Waals surface area contributed by atoms with Crippen LogP contribution < -0.4 is 5.32 Å². The van der Waals surface area contributed by atoms with Gasteiger partial charge in [0.2, 0.25) is 0 Å². The monoisotopic (exact) mass is 347 g/mol. The van der Waals surface area contributed by atoms with Crippen LogP contribution in [0.2, 0.25) is 0 Å². The molecule has 2 N–H and O–H groups in total. The average molecular weight is 347 g/mol. The van der Waals surface area contributed by atoms with Gasteiger partial charge < -0.3 is 10.3 Å². The Morgan fingerprint density at radius 2 is 1.92 bits per heavy atom. The number of imidazole rings is 1. The lowest BCUT2D eigenvalue weighted by Crippen LogP contribution is -2.27. The molecule has 0 bridgehead atoms. The number of aromatic nitrogens is 2. The molecule has 24 heavy (non-hydrogen) atoms. The zero-order valence-corrected chi connectivity index (χ0v) is 14.0. The van der Waals surface area contributed by atoms with Crippen LogP contribution in [0.25, 0.3) is 11.0 Å². The lowest BCUT2D eigenvalue weighted by Gasteiger charge is -2.17. The number of nitrogens with zero attached hydrogens (tertiary/aromatic N) is 1. The fraction of sp³-hybridized carbons (Fsp3) is 0.235. The van der Waals surface area contributed by atoms with Gasteiger partial charge in [0.15, 0.2) is 5.82 Å². The molecule has 126 valence electrons. The number of hydrogen-bond acceptors (Lipinski definition) is 4. The minimum atomic E-state index is -3.16. The summed E-state index contributed by atoms with van der Waals surface area (Å²) in [6.45, 7) is 0.309. The second-order valence-electron chi connectivity index (χ2n) is 5.76. The van der Waals surface area contributed by atoms with Crippen LogP contribution in [0.15, 0.2) is 48.5 Å². The number of H-pyrrole nitrogens is 1. The molecule has 3 aromatic rings. The van der Waals surface area contributed by atoms with Crippen LogP contribution in [0.3, 0.4) is 0 Å². The van der Waals surface area contributed by atoms with Gasteiger partial charge in [0.25, 0.3) is 0 Å². The van der Waals surface area contributed by atoms with Crippen molar-refractivity contribution in [2.24, 2.45) is 0 Å². The predicted molar refractivity (Wildman–Crippen MR) is 91.8 cm³/mol. The van der Waals surface area contributed by atoms with E-state index in [1.165, 1.54) is 12.3 Å². The van der Waals surface area contributed by atoms with Crippen LogP contribution in [0.5, 0.6) is 0 Å². The summed E-state index contributed by atoms with van der Waals surface area (Å²) in [5, 5.41) is 3.19. The van der Waals surface area contributed by atoms with E-state index < -0.39 is 9.84 Å². The van der Waals surface area contributed by atoms with Crippen molar-refractivity contribution in [1.29, 1.82) is 0 Å². The molecule has 0 unspecified atom stereocenters. The van der Waals surface area contributed by atoms with Crippen LogP contribution in [0.1, 0.15) is 17.4 Å². The lowest BCUT2D eigenvalue weighted by molar-refractivity contribution is 0.543. The summed E-state index contributed by atoms with van der Waals surface area (Å²) in [7, 11) is -3.16. The summed E-state index contributed by atoms with van der Waals surface area (Å²) >= 11 is 0. The summed E-state index contributed by atoms with van der Waals surface area (Å²) in [6, 6.07) is 13.7. The van der Waals surface area contributed by atoms with Crippen molar-refractivity contribution >= 4 is 20.9 Å². The Balaban J connectivity index is 1.80. The van der Waals surface area contributed by atoms with E-state index >= 15 is 0 Å². The molecule has 0 aliphatic carbocycles. The number of benzene rings is 2. The minimum Gasteiger partial charge on any atom is -0.341 e. The summed E-state index contributed by atoms with van der Waals surface area (Å²) in [5.74, 6) is 0.154. The Morgan fingerprint density at radius 3 is 2.58 bits per heavy atom. The molecule has 3 rings (SSSR count). The fourth-order valence-corrected chi connectivity index (χ4v) is 3.53. The van der Waals surface area contributed by atoms with Crippen molar-refractivity contribution in [3.8, 4) is 0 Å². The van der Waals surface area contributed by atoms with Crippen LogP contribution >= 0.6 is 0 Å². The van der Waals surface area contributed by atoms with E-state index in [0.717, 1.165) is 5.56 Å². The topological polar surface area (TPSA) is 74.8 Å². The van der Waals surface area contributed by atoms with Crippen molar-refractivity contribution in [3.05, 3.63) is 65.7 Å². The van der Waals surface area contributed by atoms with Gasteiger partial charge >= 0.3 is 0 Å². The summed E-state index contributed by atoms with van der Waals surface area (Å²) in [5.41, 5.74) is 1.78. The maximum absolute atomic E-state index is 13.7. The second-order valence-corrected chi connectivity index (χ2v) is 7.94. The zero-order valence-electron chi connectivity index (χ0n) is 13.2. The summed E-state index contributed by atoms with van der Waals surface area (Å²) in [6.07, 6.45) is 1.21. The van der Waals surface area contributed by atoms with Crippen LogP contribution in [-0.2, 0) is 16.4 Å². The van der Waals surface area contributed by atoms with Gasteiger partial charge in [-0.1, -0.05) is 36.4 Å². The first-order valence-corrected chi connectivity index (χ1v) is 9.57. The van der Waals surface area contributed by atoms with Gasteiger partial charge in [-0.05, 0) is 17.7 Å². The second kappa shape index (κ2) is 6.70. The maximum atomic E-state index is 13.7. The van der Waals surface area contributed by atoms with Crippen molar-refractivity contribution in [2.45, 2.75) is 12.6 Å². The number of fused-ring (bicyclic) bond motifs is 1. The van der Waals surface area contributed by atoms with E-state index in [4.69, 9.17) is 0 Å². The average Bonchev–Trinajstić information content (AvgIpc) is 2.96. The van der Waals surface area contributed by atoms with Gasteiger partial charge in [0.05, 0.1) is 17.8 Å². The Hall–Kier alpha value is -2.25. The zero-order chi connectivity index (χ0) is 17.2. The van der Waals surface area contributed by atoms with Crippen molar-refractivity contribution in [3.63, 3.8) is 0 Å². The molecule has 0 radical (unpaired) electrons. The summed E-state index contributed by atoms with van der Waals surface area (Å²) < 4.78 is 37.1. The molecule has 2 aromatic carbocycles. The third-order valence-electron chi connectivity index (χ3n) is 3.70. The first-order chi connectivity index (χ1) is 11.4. The Kier molecular flexibility index (Phi) is 4.64. The highest BCUT2D eigenvalue weighted by Gasteiger charge is 2.17. The predicted octanol–water partition coefficient (Wildman–Crippen LogP) is 2.58. The van der Waals surface area contributed by atoms with Crippen molar-refractivity contribution < 1.29 is 12.8 Å². The van der Waals surface area contributed by atoms with Crippen LogP contribution in [0.4, 0.5) is 4.39 Å². The Bertz CT molecular complexity index is 939. The molecule has 0 aliphatic rings.